The molecule has 0 aliphatic carbocycles. The van der Waals surface area contributed by atoms with E-state index in [9.17, 15) is 4.21 Å². The van der Waals surface area contributed by atoms with Crippen molar-refractivity contribution in [1.82, 2.24) is 20.2 Å². The van der Waals surface area contributed by atoms with Crippen molar-refractivity contribution >= 4 is 27.7 Å². The number of ether oxygens (including phenoxy) is 1. The lowest BCUT2D eigenvalue weighted by Gasteiger charge is -2.09. The summed E-state index contributed by atoms with van der Waals surface area (Å²) in [6.45, 7) is 3.98. The zero-order valence-corrected chi connectivity index (χ0v) is 16.9. The number of pyridine rings is 2. The molecule has 2 N–H and O–H groups in total. The third kappa shape index (κ3) is 4.60. The molecule has 1 atom stereocenters. The summed E-state index contributed by atoms with van der Waals surface area (Å²) in [5, 5.41) is 8.45. The zero-order chi connectivity index (χ0) is 20.2. The second-order valence-corrected chi connectivity index (χ2v) is 7.97. The maximum absolute atomic E-state index is 12.4. The van der Waals surface area contributed by atoms with Crippen molar-refractivity contribution in [3.8, 4) is 17.0 Å². The van der Waals surface area contributed by atoms with Crippen LogP contribution in [0.3, 0.4) is 0 Å². The maximum atomic E-state index is 12.4. The van der Waals surface area contributed by atoms with Gasteiger partial charge in [0, 0.05) is 23.3 Å². The fourth-order valence-electron chi connectivity index (χ4n) is 2.96. The van der Waals surface area contributed by atoms with Gasteiger partial charge in [0.1, 0.15) is 28.2 Å². The van der Waals surface area contributed by atoms with E-state index < -0.39 is 11.0 Å². The Morgan fingerprint density at radius 1 is 1.10 bits per heavy atom. The van der Waals surface area contributed by atoms with Crippen molar-refractivity contribution in [2.45, 2.75) is 25.7 Å². The molecule has 0 spiro atoms. The quantitative estimate of drug-likeness (QED) is 0.481. The number of nitrogens with one attached hydrogen (secondary N) is 2. The van der Waals surface area contributed by atoms with Gasteiger partial charge in [-0.25, -0.2) is 9.19 Å². The van der Waals surface area contributed by atoms with Gasteiger partial charge in [0.15, 0.2) is 0 Å². The van der Waals surface area contributed by atoms with Gasteiger partial charge < -0.3 is 4.74 Å². The van der Waals surface area contributed by atoms with Crippen LogP contribution in [0.4, 0.5) is 5.82 Å². The van der Waals surface area contributed by atoms with Gasteiger partial charge in [-0.3, -0.25) is 14.8 Å². The second-order valence-electron chi connectivity index (χ2n) is 6.79. The Bertz CT molecular complexity index is 1140. The lowest BCUT2D eigenvalue weighted by atomic mass is 10.1. The second kappa shape index (κ2) is 8.40. The van der Waals surface area contributed by atoms with Gasteiger partial charge in [-0.05, 0) is 56.3 Å². The van der Waals surface area contributed by atoms with Crippen LogP contribution < -0.4 is 9.46 Å². The van der Waals surface area contributed by atoms with E-state index in [1.807, 2.05) is 62.4 Å². The predicted octanol–water partition coefficient (Wildman–Crippen LogP) is 4.08. The molecule has 8 heteroatoms. The molecule has 1 unspecified atom stereocenters. The Labute approximate surface area is 171 Å². The molecule has 148 valence electrons. The summed E-state index contributed by atoms with van der Waals surface area (Å²) in [6.07, 6.45) is 3.45. The minimum atomic E-state index is -1.34. The highest BCUT2D eigenvalue weighted by molar-refractivity contribution is 7.85. The van der Waals surface area contributed by atoms with Gasteiger partial charge in [-0.2, -0.15) is 5.10 Å². The van der Waals surface area contributed by atoms with Crippen LogP contribution in [0.2, 0.25) is 0 Å². The Kier molecular flexibility index (Phi) is 5.53. The fourth-order valence-corrected chi connectivity index (χ4v) is 3.82. The molecule has 3 heterocycles. The molecule has 1 aromatic carbocycles. The lowest BCUT2D eigenvalue weighted by molar-refractivity contribution is 0.243. The molecule has 29 heavy (non-hydrogen) atoms. The zero-order valence-electron chi connectivity index (χ0n) is 16.1. The minimum Gasteiger partial charge on any atom is -0.491 e. The van der Waals surface area contributed by atoms with Crippen molar-refractivity contribution in [2.75, 3.05) is 4.72 Å². The number of hydrogen-bond donors (Lipinski definition) is 2. The summed E-state index contributed by atoms with van der Waals surface area (Å²) in [7, 11) is -1.34. The van der Waals surface area contributed by atoms with Crippen LogP contribution in [-0.2, 0) is 16.7 Å². The number of H-pyrrole nitrogens is 1. The number of aromatic nitrogens is 4. The monoisotopic (exact) mass is 407 g/mol. The van der Waals surface area contributed by atoms with Crippen molar-refractivity contribution in [1.29, 1.82) is 0 Å². The Morgan fingerprint density at radius 3 is 2.79 bits per heavy atom. The van der Waals surface area contributed by atoms with Crippen molar-refractivity contribution in [3.05, 3.63) is 66.6 Å². The molecule has 7 nitrogen and oxygen atoms in total. The minimum absolute atomic E-state index is 0.0913. The van der Waals surface area contributed by atoms with Gasteiger partial charge in [0.25, 0.3) is 0 Å². The van der Waals surface area contributed by atoms with Gasteiger partial charge in [0.05, 0.1) is 23.1 Å². The van der Waals surface area contributed by atoms with Crippen LogP contribution in [0, 0.1) is 0 Å². The highest BCUT2D eigenvalue weighted by atomic mass is 32.2. The Hall–Kier alpha value is -3.26. The van der Waals surface area contributed by atoms with Crippen LogP contribution in [-0.4, -0.2) is 30.5 Å². The fraction of sp³-hybridized carbons (Fsp3) is 0.190. The third-order valence-corrected chi connectivity index (χ3v) is 5.16. The molecule has 0 aliphatic heterocycles. The largest absolute Gasteiger partial charge is 0.491 e. The third-order valence-electron chi connectivity index (χ3n) is 4.16. The Morgan fingerprint density at radius 2 is 2.00 bits per heavy atom. The molecule has 0 saturated heterocycles. The summed E-state index contributed by atoms with van der Waals surface area (Å²) in [5.41, 5.74) is 3.33. The van der Waals surface area contributed by atoms with E-state index in [0.717, 1.165) is 33.6 Å². The molecule has 0 radical (unpaired) electrons. The number of aromatic amines is 1. The highest BCUT2D eigenvalue weighted by Crippen LogP contribution is 2.30. The van der Waals surface area contributed by atoms with E-state index in [0.29, 0.717) is 11.6 Å². The van der Waals surface area contributed by atoms with Gasteiger partial charge >= 0.3 is 0 Å². The Balaban J connectivity index is 1.57. The summed E-state index contributed by atoms with van der Waals surface area (Å²) >= 11 is 0. The molecule has 0 fully saturated rings. The first-order valence-corrected chi connectivity index (χ1v) is 10.6. The molecule has 4 rings (SSSR count). The lowest BCUT2D eigenvalue weighted by Crippen LogP contribution is -2.09. The van der Waals surface area contributed by atoms with E-state index in [1.165, 1.54) is 0 Å². The van der Waals surface area contributed by atoms with Gasteiger partial charge in [-0.15, -0.1) is 0 Å². The summed E-state index contributed by atoms with van der Waals surface area (Å²) < 4.78 is 21.2. The normalized spacial score (nSPS) is 12.2. The standard InChI is InChI=1S/C21H21N5O2S/c1-14(2)28-17-6-7-19-18(12-17)21(25-24-19)15-8-10-23-20(11-15)26-29(27)13-16-5-3-4-9-22-16/h3-12,14H,13H2,1-2H3,(H,23,26)(H,24,25). The average molecular weight is 407 g/mol. The summed E-state index contributed by atoms with van der Waals surface area (Å²) in [6, 6.07) is 15.1. The van der Waals surface area contributed by atoms with Gasteiger partial charge in [-0.1, -0.05) is 6.07 Å². The number of rotatable bonds is 7. The van der Waals surface area contributed by atoms with E-state index in [2.05, 4.69) is 24.9 Å². The van der Waals surface area contributed by atoms with E-state index >= 15 is 0 Å². The molecule has 0 aliphatic rings. The van der Waals surface area contributed by atoms with Crippen LogP contribution in [0.5, 0.6) is 5.75 Å². The first kappa shape index (κ1) is 19.1. The smallest absolute Gasteiger partial charge is 0.138 e. The number of anilines is 1. The molecule has 0 saturated carbocycles. The molecule has 3 aromatic heterocycles. The predicted molar refractivity (Wildman–Crippen MR) is 115 cm³/mol. The number of fused-ring (bicyclic) bond motifs is 1. The van der Waals surface area contributed by atoms with E-state index in [-0.39, 0.29) is 6.10 Å². The molecule has 4 aromatic rings. The number of hydrogen-bond acceptors (Lipinski definition) is 5. The van der Waals surface area contributed by atoms with Crippen molar-refractivity contribution in [3.63, 3.8) is 0 Å². The summed E-state index contributed by atoms with van der Waals surface area (Å²) in [4.78, 5) is 8.48. The maximum Gasteiger partial charge on any atom is 0.138 e. The number of nitrogens with zero attached hydrogens (tertiary/aromatic N) is 3. The van der Waals surface area contributed by atoms with E-state index in [4.69, 9.17) is 4.74 Å². The van der Waals surface area contributed by atoms with Crippen LogP contribution in [0.15, 0.2) is 60.9 Å². The molecular weight excluding hydrogens is 386 g/mol. The van der Waals surface area contributed by atoms with Gasteiger partial charge in [0.2, 0.25) is 0 Å². The SMILES string of the molecule is CC(C)Oc1ccc2[nH]nc(-c3ccnc(NS(=O)Cc4ccccn4)c3)c2c1. The van der Waals surface area contributed by atoms with Crippen molar-refractivity contribution in [2.24, 2.45) is 0 Å². The van der Waals surface area contributed by atoms with Crippen LogP contribution >= 0.6 is 0 Å². The molecule has 0 bridgehead atoms. The topological polar surface area (TPSA) is 92.8 Å². The summed E-state index contributed by atoms with van der Waals surface area (Å²) in [5.74, 6) is 1.61. The highest BCUT2D eigenvalue weighted by Gasteiger charge is 2.12. The van der Waals surface area contributed by atoms with Crippen LogP contribution in [0.25, 0.3) is 22.2 Å². The van der Waals surface area contributed by atoms with Crippen molar-refractivity contribution < 1.29 is 8.95 Å². The molecular formula is C21H21N5O2S. The number of benzene rings is 1. The van der Waals surface area contributed by atoms with Crippen LogP contribution in [0.1, 0.15) is 19.5 Å². The first-order valence-electron chi connectivity index (χ1n) is 9.24. The molecule has 0 amide bonds. The average Bonchev–Trinajstić information content (AvgIpc) is 3.11. The first-order chi connectivity index (χ1) is 14.1. The van der Waals surface area contributed by atoms with E-state index in [1.54, 1.807) is 12.4 Å².